The average molecular weight is 253 g/mol. The quantitative estimate of drug-likeness (QED) is 0.687. The van der Waals surface area contributed by atoms with Crippen LogP contribution >= 0.6 is 0 Å². The molecule has 2 rings (SSSR count). The number of anilines is 1. The van der Waals surface area contributed by atoms with E-state index in [1.807, 2.05) is 11.5 Å². The van der Waals surface area contributed by atoms with Crippen molar-refractivity contribution < 1.29 is 15.0 Å². The molecule has 1 aliphatic rings. The maximum Gasteiger partial charge on any atom is 0.270 e. The summed E-state index contributed by atoms with van der Waals surface area (Å²) >= 11 is 0. The third-order valence-electron chi connectivity index (χ3n) is 3.15. The first kappa shape index (κ1) is 12.9. The zero-order valence-electron chi connectivity index (χ0n) is 10.4. The van der Waals surface area contributed by atoms with Gasteiger partial charge >= 0.3 is 0 Å². The van der Waals surface area contributed by atoms with E-state index in [1.165, 1.54) is 4.90 Å². The highest BCUT2D eigenvalue weighted by Gasteiger charge is 2.33. The summed E-state index contributed by atoms with van der Waals surface area (Å²) in [5.41, 5.74) is 6.77. The smallest absolute Gasteiger partial charge is 0.270 e. The number of carbonyl (C=O) groups excluding carboxylic acids is 1. The first-order chi connectivity index (χ1) is 8.52. The molecule has 18 heavy (non-hydrogen) atoms. The molecule has 1 saturated heterocycles. The fraction of sp³-hybridized carbons (Fsp3) is 0.583. The largest absolute Gasteiger partial charge is 0.397 e. The second kappa shape index (κ2) is 4.99. The number of amides is 1. The van der Waals surface area contributed by atoms with Crippen LogP contribution in [-0.2, 0) is 6.54 Å². The lowest BCUT2D eigenvalue weighted by atomic mass is 10.3. The van der Waals surface area contributed by atoms with E-state index in [0.29, 0.717) is 11.4 Å². The van der Waals surface area contributed by atoms with Crippen molar-refractivity contribution in [2.24, 2.45) is 0 Å². The Morgan fingerprint density at radius 1 is 1.44 bits per heavy atom. The van der Waals surface area contributed by atoms with Gasteiger partial charge in [-0.1, -0.05) is 6.92 Å². The highest BCUT2D eigenvalue weighted by molar-refractivity contribution is 5.94. The van der Waals surface area contributed by atoms with Crippen molar-refractivity contribution in [1.82, 2.24) is 9.47 Å². The number of nitrogens with zero attached hydrogens (tertiary/aromatic N) is 2. The zero-order chi connectivity index (χ0) is 13.3. The number of aromatic nitrogens is 1. The summed E-state index contributed by atoms with van der Waals surface area (Å²) in [6, 6.07) is 1.63. The Kier molecular flexibility index (Phi) is 3.58. The number of carbonyl (C=O) groups is 1. The van der Waals surface area contributed by atoms with Gasteiger partial charge in [0.25, 0.3) is 5.91 Å². The number of hydrogen-bond acceptors (Lipinski definition) is 4. The molecule has 0 saturated carbocycles. The fourth-order valence-electron chi connectivity index (χ4n) is 2.24. The molecule has 0 radical (unpaired) electrons. The van der Waals surface area contributed by atoms with Crippen molar-refractivity contribution in [2.75, 3.05) is 18.8 Å². The summed E-state index contributed by atoms with van der Waals surface area (Å²) in [4.78, 5) is 13.7. The number of nitrogen functional groups attached to an aromatic ring is 1. The van der Waals surface area contributed by atoms with Crippen LogP contribution < -0.4 is 5.73 Å². The molecule has 2 heterocycles. The molecule has 0 aliphatic carbocycles. The lowest BCUT2D eigenvalue weighted by molar-refractivity contribution is 0.0572. The molecule has 1 aliphatic heterocycles. The predicted octanol–water partition coefficient (Wildman–Crippen LogP) is -0.342. The van der Waals surface area contributed by atoms with Gasteiger partial charge in [0.05, 0.1) is 17.9 Å². The SMILES string of the molecule is CCCn1cc(N)cc1C(=O)N1C[C@@H](O)[C@@H](O)C1. The second-order valence-corrected chi connectivity index (χ2v) is 4.70. The predicted molar refractivity (Wildman–Crippen MR) is 67.1 cm³/mol. The Morgan fingerprint density at radius 3 is 2.61 bits per heavy atom. The third-order valence-corrected chi connectivity index (χ3v) is 3.15. The minimum Gasteiger partial charge on any atom is -0.397 e. The van der Waals surface area contributed by atoms with Gasteiger partial charge in [0.15, 0.2) is 0 Å². The molecular formula is C12H19N3O3. The van der Waals surface area contributed by atoms with Gasteiger partial charge in [-0.3, -0.25) is 4.79 Å². The van der Waals surface area contributed by atoms with Crippen LogP contribution in [0.4, 0.5) is 5.69 Å². The first-order valence-electron chi connectivity index (χ1n) is 6.14. The monoisotopic (exact) mass is 253 g/mol. The Morgan fingerprint density at radius 2 is 2.06 bits per heavy atom. The van der Waals surface area contributed by atoms with E-state index in [-0.39, 0.29) is 19.0 Å². The molecule has 2 atom stereocenters. The van der Waals surface area contributed by atoms with Gasteiger partial charge < -0.3 is 25.4 Å². The number of aliphatic hydroxyl groups is 2. The Labute approximate surface area is 106 Å². The van der Waals surface area contributed by atoms with Crippen molar-refractivity contribution in [3.63, 3.8) is 0 Å². The summed E-state index contributed by atoms with van der Waals surface area (Å²) in [5, 5.41) is 18.9. The number of likely N-dealkylation sites (tertiary alicyclic amines) is 1. The maximum atomic E-state index is 12.3. The topological polar surface area (TPSA) is 91.7 Å². The van der Waals surface area contributed by atoms with Crippen molar-refractivity contribution >= 4 is 11.6 Å². The lowest BCUT2D eigenvalue weighted by Gasteiger charge is -2.16. The van der Waals surface area contributed by atoms with E-state index in [0.717, 1.165) is 13.0 Å². The number of aryl methyl sites for hydroxylation is 1. The molecule has 1 aromatic rings. The molecule has 6 heteroatoms. The Bertz CT molecular complexity index is 434. The number of aliphatic hydroxyl groups excluding tert-OH is 2. The summed E-state index contributed by atoms with van der Waals surface area (Å²) in [7, 11) is 0. The Hall–Kier alpha value is -1.53. The number of nitrogens with two attached hydrogens (primary N) is 1. The molecule has 0 bridgehead atoms. The molecule has 0 aromatic carbocycles. The summed E-state index contributed by atoms with van der Waals surface area (Å²) in [5.74, 6) is -0.198. The van der Waals surface area contributed by atoms with Crippen molar-refractivity contribution in [1.29, 1.82) is 0 Å². The van der Waals surface area contributed by atoms with Crippen molar-refractivity contribution in [3.05, 3.63) is 18.0 Å². The highest BCUT2D eigenvalue weighted by Crippen LogP contribution is 2.18. The average Bonchev–Trinajstić information content (AvgIpc) is 2.83. The van der Waals surface area contributed by atoms with Gasteiger partial charge in [0.2, 0.25) is 0 Å². The van der Waals surface area contributed by atoms with Gasteiger partial charge in [-0.15, -0.1) is 0 Å². The van der Waals surface area contributed by atoms with Crippen LogP contribution in [0.1, 0.15) is 23.8 Å². The summed E-state index contributed by atoms with van der Waals surface area (Å²) in [6.45, 7) is 3.07. The van der Waals surface area contributed by atoms with Gasteiger partial charge in [-0.2, -0.15) is 0 Å². The molecule has 0 spiro atoms. The van der Waals surface area contributed by atoms with Gasteiger partial charge in [0, 0.05) is 25.8 Å². The van der Waals surface area contributed by atoms with E-state index in [1.54, 1.807) is 12.3 Å². The number of β-amino-alcohol motifs (C(OH)–C–C–N with tert-alkyl or cyclic N) is 2. The van der Waals surface area contributed by atoms with Gasteiger partial charge in [-0.25, -0.2) is 0 Å². The van der Waals surface area contributed by atoms with E-state index in [4.69, 9.17) is 5.73 Å². The molecule has 1 fully saturated rings. The number of hydrogen-bond donors (Lipinski definition) is 3. The third kappa shape index (κ3) is 2.34. The van der Waals surface area contributed by atoms with Crippen LogP contribution in [0.25, 0.3) is 0 Å². The van der Waals surface area contributed by atoms with Crippen LogP contribution in [0.3, 0.4) is 0 Å². The van der Waals surface area contributed by atoms with Gasteiger partial charge in [0.1, 0.15) is 5.69 Å². The molecular weight excluding hydrogens is 234 g/mol. The van der Waals surface area contributed by atoms with Crippen LogP contribution in [-0.4, -0.2) is 50.9 Å². The highest BCUT2D eigenvalue weighted by atomic mass is 16.3. The Balaban J connectivity index is 2.18. The van der Waals surface area contributed by atoms with Crippen LogP contribution in [0.2, 0.25) is 0 Å². The van der Waals surface area contributed by atoms with E-state index < -0.39 is 12.2 Å². The van der Waals surface area contributed by atoms with E-state index in [9.17, 15) is 15.0 Å². The summed E-state index contributed by atoms with van der Waals surface area (Å²) in [6.07, 6.45) is 0.918. The maximum absolute atomic E-state index is 12.3. The van der Waals surface area contributed by atoms with Crippen molar-refractivity contribution in [2.45, 2.75) is 32.1 Å². The lowest BCUT2D eigenvalue weighted by Crippen LogP contribution is -2.31. The van der Waals surface area contributed by atoms with Crippen LogP contribution in [0.15, 0.2) is 12.3 Å². The minimum absolute atomic E-state index is 0.164. The zero-order valence-corrected chi connectivity index (χ0v) is 10.4. The molecule has 1 amide bonds. The van der Waals surface area contributed by atoms with Gasteiger partial charge in [-0.05, 0) is 12.5 Å². The van der Waals surface area contributed by atoms with Crippen LogP contribution in [0, 0.1) is 0 Å². The molecule has 0 unspecified atom stereocenters. The first-order valence-corrected chi connectivity index (χ1v) is 6.14. The molecule has 1 aromatic heterocycles. The molecule has 100 valence electrons. The minimum atomic E-state index is -0.860. The molecule has 6 nitrogen and oxygen atoms in total. The molecule has 4 N–H and O–H groups in total. The second-order valence-electron chi connectivity index (χ2n) is 4.70. The standard InChI is InChI=1S/C12H19N3O3/c1-2-3-14-5-8(13)4-9(14)12(18)15-6-10(16)11(17)7-15/h4-5,10-11,16-17H,2-3,6-7,13H2,1H3/t10-,11+. The van der Waals surface area contributed by atoms with Crippen molar-refractivity contribution in [3.8, 4) is 0 Å². The van der Waals surface area contributed by atoms with Crippen LogP contribution in [0.5, 0.6) is 0 Å². The summed E-state index contributed by atoms with van der Waals surface area (Å²) < 4.78 is 1.81. The van der Waals surface area contributed by atoms with E-state index in [2.05, 4.69) is 0 Å². The normalized spacial score (nSPS) is 23.6. The number of rotatable bonds is 3. The van der Waals surface area contributed by atoms with E-state index >= 15 is 0 Å². The fourth-order valence-corrected chi connectivity index (χ4v) is 2.24.